The molecule has 0 amide bonds. The summed E-state index contributed by atoms with van der Waals surface area (Å²) < 4.78 is 7.70. The van der Waals surface area contributed by atoms with Gasteiger partial charge in [0.2, 0.25) is 0 Å². The van der Waals surface area contributed by atoms with Crippen LogP contribution < -0.4 is 0 Å². The molecule has 0 spiro atoms. The molecule has 0 aromatic carbocycles. The van der Waals surface area contributed by atoms with E-state index in [9.17, 15) is 0 Å². The Morgan fingerprint density at radius 3 is 2.23 bits per heavy atom. The summed E-state index contributed by atoms with van der Waals surface area (Å²) >= 11 is 0. The molecule has 0 bridgehead atoms. The fourth-order valence-corrected chi connectivity index (χ4v) is 2.49. The molecule has 0 saturated carbocycles. The third-order valence-corrected chi connectivity index (χ3v) is 3.58. The zero-order valence-corrected chi connectivity index (χ0v) is 9.27. The van der Waals surface area contributed by atoms with Gasteiger partial charge in [-0.2, -0.15) is 0 Å². The Bertz CT molecular complexity index is 154. The highest BCUT2D eigenvalue weighted by Gasteiger charge is 2.24. The molecule has 2 saturated heterocycles. The summed E-state index contributed by atoms with van der Waals surface area (Å²) in [4.78, 5) is 2.60. The van der Waals surface area contributed by atoms with Crippen molar-refractivity contribution in [3.05, 3.63) is 0 Å². The van der Waals surface area contributed by atoms with Crippen molar-refractivity contribution in [2.24, 2.45) is 0 Å². The highest BCUT2D eigenvalue weighted by Crippen LogP contribution is 2.19. The second-order valence-electron chi connectivity index (χ2n) is 3.92. The van der Waals surface area contributed by atoms with Crippen molar-refractivity contribution in [3.8, 4) is 0 Å². The SMILES string of the molecule is PN1CCC(N2CCOCC2)CC1. The molecule has 13 heavy (non-hydrogen) atoms. The zero-order valence-electron chi connectivity index (χ0n) is 8.11. The van der Waals surface area contributed by atoms with Gasteiger partial charge in [-0.1, -0.05) is 9.39 Å². The van der Waals surface area contributed by atoms with Gasteiger partial charge in [-0.3, -0.25) is 9.57 Å². The molecule has 0 aliphatic carbocycles. The average Bonchev–Trinajstić information content (AvgIpc) is 2.20. The lowest BCUT2D eigenvalue weighted by molar-refractivity contribution is 0.00653. The molecule has 2 heterocycles. The average molecular weight is 202 g/mol. The molecule has 1 unspecified atom stereocenters. The van der Waals surface area contributed by atoms with Gasteiger partial charge in [0.05, 0.1) is 13.2 Å². The summed E-state index contributed by atoms with van der Waals surface area (Å²) in [7, 11) is 2.80. The maximum absolute atomic E-state index is 5.36. The summed E-state index contributed by atoms with van der Waals surface area (Å²) in [6.07, 6.45) is 2.65. The number of hydrogen-bond acceptors (Lipinski definition) is 3. The molecule has 2 aliphatic rings. The molecular formula is C9H19N2OP. The predicted molar refractivity (Wildman–Crippen MR) is 56.7 cm³/mol. The zero-order chi connectivity index (χ0) is 9.10. The lowest BCUT2D eigenvalue weighted by Gasteiger charge is -2.38. The Hall–Kier alpha value is 0.310. The van der Waals surface area contributed by atoms with E-state index >= 15 is 0 Å². The molecular weight excluding hydrogens is 183 g/mol. The van der Waals surface area contributed by atoms with Crippen molar-refractivity contribution in [2.45, 2.75) is 18.9 Å². The van der Waals surface area contributed by atoms with Crippen LogP contribution in [0, 0.1) is 0 Å². The molecule has 76 valence electrons. The first-order valence-corrected chi connectivity index (χ1v) is 5.69. The second-order valence-corrected chi connectivity index (χ2v) is 4.65. The van der Waals surface area contributed by atoms with E-state index in [1.807, 2.05) is 0 Å². The van der Waals surface area contributed by atoms with Crippen LogP contribution in [0.1, 0.15) is 12.8 Å². The monoisotopic (exact) mass is 202 g/mol. The van der Waals surface area contributed by atoms with E-state index < -0.39 is 0 Å². The number of rotatable bonds is 1. The van der Waals surface area contributed by atoms with Crippen LogP contribution in [-0.4, -0.2) is 55.0 Å². The molecule has 0 aromatic rings. The van der Waals surface area contributed by atoms with E-state index in [1.165, 1.54) is 25.9 Å². The third-order valence-electron chi connectivity index (χ3n) is 3.06. The van der Waals surface area contributed by atoms with Gasteiger partial charge < -0.3 is 4.74 Å². The first-order valence-electron chi connectivity index (χ1n) is 5.18. The Labute approximate surface area is 82.7 Å². The smallest absolute Gasteiger partial charge is 0.0594 e. The van der Waals surface area contributed by atoms with Crippen LogP contribution in [0.5, 0.6) is 0 Å². The summed E-state index contributed by atoms with van der Waals surface area (Å²) in [6.45, 7) is 6.60. The van der Waals surface area contributed by atoms with Crippen LogP contribution in [-0.2, 0) is 4.74 Å². The standard InChI is InChI=1S/C9H19N2OP/c13-11-3-1-9(2-4-11)10-5-7-12-8-6-10/h9H,1-8,13H2. The van der Waals surface area contributed by atoms with Crippen molar-refractivity contribution in [1.82, 2.24) is 9.57 Å². The van der Waals surface area contributed by atoms with Crippen LogP contribution in [0.3, 0.4) is 0 Å². The van der Waals surface area contributed by atoms with Crippen molar-refractivity contribution in [1.29, 1.82) is 0 Å². The largest absolute Gasteiger partial charge is 0.379 e. The summed E-state index contributed by atoms with van der Waals surface area (Å²) in [5, 5.41) is 0. The Balaban J connectivity index is 1.79. The van der Waals surface area contributed by atoms with Gasteiger partial charge in [0.25, 0.3) is 0 Å². The second kappa shape index (κ2) is 4.70. The van der Waals surface area contributed by atoms with Gasteiger partial charge in [-0.15, -0.1) is 0 Å². The van der Waals surface area contributed by atoms with E-state index in [1.54, 1.807) is 0 Å². The van der Waals surface area contributed by atoms with Crippen LogP contribution in [0.25, 0.3) is 0 Å². The van der Waals surface area contributed by atoms with Crippen LogP contribution in [0.15, 0.2) is 0 Å². The van der Waals surface area contributed by atoms with E-state index in [4.69, 9.17) is 4.74 Å². The van der Waals surface area contributed by atoms with Gasteiger partial charge in [0.15, 0.2) is 0 Å². The highest BCUT2D eigenvalue weighted by molar-refractivity contribution is 7.13. The van der Waals surface area contributed by atoms with Crippen LogP contribution in [0.4, 0.5) is 0 Å². The van der Waals surface area contributed by atoms with Crippen LogP contribution >= 0.6 is 9.39 Å². The minimum atomic E-state index is 0.820. The number of piperidine rings is 1. The Morgan fingerprint density at radius 1 is 1.00 bits per heavy atom. The first kappa shape index (κ1) is 9.85. The topological polar surface area (TPSA) is 15.7 Å². The van der Waals surface area contributed by atoms with Crippen molar-refractivity contribution >= 4 is 9.39 Å². The first-order chi connectivity index (χ1) is 6.36. The summed E-state index contributed by atoms with van der Waals surface area (Å²) in [5.41, 5.74) is 0. The Kier molecular flexibility index (Phi) is 3.56. The van der Waals surface area contributed by atoms with E-state index in [-0.39, 0.29) is 0 Å². The third kappa shape index (κ3) is 2.63. The quantitative estimate of drug-likeness (QED) is 0.578. The maximum Gasteiger partial charge on any atom is 0.0594 e. The Morgan fingerprint density at radius 2 is 1.62 bits per heavy atom. The fourth-order valence-electron chi connectivity index (χ4n) is 2.19. The van der Waals surface area contributed by atoms with Gasteiger partial charge in [-0.05, 0) is 12.8 Å². The normalized spacial score (nSPS) is 29.3. The molecule has 0 aromatic heterocycles. The summed E-state index contributed by atoms with van der Waals surface area (Å²) in [5.74, 6) is 0. The van der Waals surface area contributed by atoms with Gasteiger partial charge in [0, 0.05) is 32.2 Å². The predicted octanol–water partition coefficient (Wildman–Crippen LogP) is 0.573. The number of ether oxygens (including phenoxy) is 1. The molecule has 1 atom stereocenters. The van der Waals surface area contributed by atoms with Gasteiger partial charge in [-0.25, -0.2) is 0 Å². The molecule has 0 radical (unpaired) electrons. The minimum absolute atomic E-state index is 0.820. The maximum atomic E-state index is 5.36. The highest BCUT2D eigenvalue weighted by atomic mass is 31.0. The lowest BCUT2D eigenvalue weighted by atomic mass is 10.0. The van der Waals surface area contributed by atoms with E-state index in [2.05, 4.69) is 19.0 Å². The molecule has 4 heteroatoms. The van der Waals surface area contributed by atoms with Crippen molar-refractivity contribution < 1.29 is 4.74 Å². The number of nitrogens with zero attached hydrogens (tertiary/aromatic N) is 2. The summed E-state index contributed by atoms with van der Waals surface area (Å²) in [6, 6.07) is 0.820. The van der Waals surface area contributed by atoms with Gasteiger partial charge >= 0.3 is 0 Å². The molecule has 0 N–H and O–H groups in total. The van der Waals surface area contributed by atoms with Crippen molar-refractivity contribution in [3.63, 3.8) is 0 Å². The molecule has 2 fully saturated rings. The van der Waals surface area contributed by atoms with E-state index in [0.717, 1.165) is 32.3 Å². The number of morpholine rings is 1. The number of hydrogen-bond donors (Lipinski definition) is 0. The molecule has 2 aliphatic heterocycles. The van der Waals surface area contributed by atoms with E-state index in [0.29, 0.717) is 0 Å². The van der Waals surface area contributed by atoms with Crippen molar-refractivity contribution in [2.75, 3.05) is 39.4 Å². The van der Waals surface area contributed by atoms with Crippen LogP contribution in [0.2, 0.25) is 0 Å². The molecule has 2 rings (SSSR count). The van der Waals surface area contributed by atoms with Gasteiger partial charge in [0.1, 0.15) is 0 Å². The lowest BCUT2D eigenvalue weighted by Crippen LogP contribution is -2.47. The molecule has 3 nitrogen and oxygen atoms in total. The fraction of sp³-hybridized carbons (Fsp3) is 1.00. The minimum Gasteiger partial charge on any atom is -0.379 e.